The Hall–Kier alpha value is -5.74. The fourth-order valence-electron chi connectivity index (χ4n) is 7.72. The molecule has 3 amide bonds. The van der Waals surface area contributed by atoms with Crippen LogP contribution < -0.4 is 49.3 Å². The summed E-state index contributed by atoms with van der Waals surface area (Å²) in [6.45, 7) is 4.47. The minimum absolute atomic E-state index is 0. The Balaban J connectivity index is 0.00000449. The van der Waals surface area contributed by atoms with Crippen LogP contribution in [0.4, 0.5) is 11.6 Å². The Morgan fingerprint density at radius 1 is 0.703 bits per heavy atom. The molecule has 3 aromatic heterocycles. The van der Waals surface area contributed by atoms with Crippen molar-refractivity contribution in [1.82, 2.24) is 35.9 Å². The lowest BCUT2D eigenvalue weighted by Gasteiger charge is -2.45. The van der Waals surface area contributed by atoms with Crippen molar-refractivity contribution in [3.63, 3.8) is 0 Å². The summed E-state index contributed by atoms with van der Waals surface area (Å²) in [5.74, 6) is 0.405. The Bertz CT molecular complexity index is 2100. The standard InChI is InChI=1S/C46H55ClN10O5.2ClH/c47-43-45(49)56-44(48)42(55-43)46(60)54-37-12-7-29-57(30-37,27-5-8-33-13-17-38(18-14-33)61-31-40(58)52-25-21-35-10-1-3-23-50-35)28-6-9-34-15-19-39(20-16-34)62-32-41(59)53-26-22-36-11-2-4-24-51-36;;/h1-4,10-11,13-20,23-24,37H,5-9,12,21-22,25-32H2,(H6-,48,49,52,53,54,56,58,59,60);2*1H/t37-;;/m0../s1. The quantitative estimate of drug-likeness (QED) is 0.0634. The van der Waals surface area contributed by atoms with E-state index in [-0.39, 0.29) is 78.4 Å². The molecule has 4 heterocycles. The molecule has 1 aliphatic heterocycles. The lowest BCUT2D eigenvalue weighted by Crippen LogP contribution is -3.00. The maximum atomic E-state index is 13.4. The Labute approximate surface area is 391 Å². The number of nitrogens with two attached hydrogens (primary N) is 2. The third kappa shape index (κ3) is 16.4. The van der Waals surface area contributed by atoms with E-state index in [1.807, 2.05) is 84.9 Å². The van der Waals surface area contributed by atoms with E-state index in [9.17, 15) is 14.4 Å². The molecule has 0 bridgehead atoms. The summed E-state index contributed by atoms with van der Waals surface area (Å²) in [5.41, 5.74) is 15.9. The van der Waals surface area contributed by atoms with Gasteiger partial charge in [-0.3, -0.25) is 24.4 Å². The molecule has 342 valence electrons. The zero-order valence-electron chi connectivity index (χ0n) is 35.7. The molecule has 6 rings (SSSR count). The first-order valence-electron chi connectivity index (χ1n) is 21.1. The highest BCUT2D eigenvalue weighted by Crippen LogP contribution is 2.25. The first-order chi connectivity index (χ1) is 30.1. The number of quaternary nitrogens is 1. The van der Waals surface area contributed by atoms with Gasteiger partial charge in [0.15, 0.2) is 35.7 Å². The molecular weight excluding hydrogens is 879 g/mol. The predicted molar refractivity (Wildman–Crippen MR) is 246 cm³/mol. The van der Waals surface area contributed by atoms with E-state index in [0.717, 1.165) is 80.6 Å². The molecule has 1 atom stereocenters. The van der Waals surface area contributed by atoms with Gasteiger partial charge < -0.3 is 53.8 Å². The average molecular weight is 936 g/mol. The van der Waals surface area contributed by atoms with Gasteiger partial charge in [-0.1, -0.05) is 48.0 Å². The fraction of sp³-hybridized carbons (Fsp3) is 0.370. The van der Waals surface area contributed by atoms with Gasteiger partial charge >= 0.3 is 0 Å². The molecule has 1 saturated heterocycles. The number of ether oxygens (including phenoxy) is 2. The van der Waals surface area contributed by atoms with Crippen LogP contribution in [0.3, 0.4) is 0 Å². The molecule has 18 heteroatoms. The minimum atomic E-state index is -0.421. The van der Waals surface area contributed by atoms with Crippen molar-refractivity contribution in [3.05, 3.63) is 131 Å². The highest BCUT2D eigenvalue weighted by molar-refractivity contribution is 6.31. The van der Waals surface area contributed by atoms with E-state index in [0.29, 0.717) is 37.4 Å². The monoisotopic (exact) mass is 934 g/mol. The summed E-state index contributed by atoms with van der Waals surface area (Å²) in [6, 6.07) is 27.2. The van der Waals surface area contributed by atoms with E-state index < -0.39 is 5.91 Å². The molecule has 15 nitrogen and oxygen atoms in total. The number of nitrogen functional groups attached to an aromatic ring is 2. The van der Waals surface area contributed by atoms with Gasteiger partial charge in [-0.05, 0) is 85.3 Å². The van der Waals surface area contributed by atoms with Crippen molar-refractivity contribution in [2.24, 2.45) is 0 Å². The Morgan fingerprint density at radius 2 is 1.22 bits per heavy atom. The molecule has 1 aliphatic rings. The zero-order chi connectivity index (χ0) is 43.6. The molecule has 1 fully saturated rings. The Morgan fingerprint density at radius 3 is 1.70 bits per heavy atom. The van der Waals surface area contributed by atoms with Gasteiger partial charge in [-0.2, -0.15) is 0 Å². The van der Waals surface area contributed by atoms with Crippen molar-refractivity contribution < 1.29 is 40.7 Å². The summed E-state index contributed by atoms with van der Waals surface area (Å²) in [4.78, 5) is 54.7. The number of rotatable bonds is 22. The number of aryl methyl sites for hydroxylation is 2. The van der Waals surface area contributed by atoms with Crippen molar-refractivity contribution in [3.8, 4) is 11.5 Å². The average Bonchev–Trinajstić information content (AvgIpc) is 3.28. The smallest absolute Gasteiger partial charge is 0.274 e. The number of pyridine rings is 2. The number of hydrogen-bond acceptors (Lipinski definition) is 11. The van der Waals surface area contributed by atoms with E-state index in [4.69, 9.17) is 32.5 Å². The molecule has 0 unspecified atom stereocenters. The number of carbonyl (C=O) groups excluding carboxylic acids is 3. The second kappa shape index (κ2) is 26.1. The van der Waals surface area contributed by atoms with Crippen LogP contribution in [0.5, 0.6) is 11.5 Å². The van der Waals surface area contributed by atoms with Crippen molar-refractivity contribution in [2.45, 2.75) is 57.4 Å². The van der Waals surface area contributed by atoms with Gasteiger partial charge in [-0.15, -0.1) is 12.4 Å². The van der Waals surface area contributed by atoms with Crippen molar-refractivity contribution in [1.29, 1.82) is 0 Å². The second-order valence-electron chi connectivity index (χ2n) is 15.6. The fourth-order valence-corrected chi connectivity index (χ4v) is 7.84. The van der Waals surface area contributed by atoms with E-state index in [1.54, 1.807) is 12.4 Å². The number of nitrogens with zero attached hydrogens (tertiary/aromatic N) is 5. The molecular formula is C46H57Cl3N10O5. The van der Waals surface area contributed by atoms with Crippen LogP contribution in [-0.2, 0) is 35.3 Å². The summed E-state index contributed by atoms with van der Waals surface area (Å²) in [6.07, 6.45) is 10.2. The highest BCUT2D eigenvalue weighted by atomic mass is 35.5. The van der Waals surface area contributed by atoms with Crippen LogP contribution in [0.15, 0.2) is 97.3 Å². The lowest BCUT2D eigenvalue weighted by atomic mass is 9.99. The molecule has 7 N–H and O–H groups in total. The minimum Gasteiger partial charge on any atom is -1.00 e. The number of carbonyl (C=O) groups is 3. The third-order valence-electron chi connectivity index (χ3n) is 10.9. The first-order valence-corrected chi connectivity index (χ1v) is 21.5. The van der Waals surface area contributed by atoms with Crippen LogP contribution in [-0.4, -0.2) is 101 Å². The summed E-state index contributed by atoms with van der Waals surface area (Å²) in [5, 5.41) is 8.85. The summed E-state index contributed by atoms with van der Waals surface area (Å²) < 4.78 is 12.4. The largest absolute Gasteiger partial charge is 1.00 e. The number of aromatic nitrogens is 4. The van der Waals surface area contributed by atoms with E-state index >= 15 is 0 Å². The van der Waals surface area contributed by atoms with Crippen molar-refractivity contribution in [2.75, 3.05) is 63.9 Å². The molecule has 0 spiro atoms. The van der Waals surface area contributed by atoms with Crippen LogP contribution >= 0.6 is 24.0 Å². The van der Waals surface area contributed by atoms with E-state index in [2.05, 4.69) is 35.9 Å². The first kappa shape index (κ1) is 50.9. The predicted octanol–water partition coefficient (Wildman–Crippen LogP) is 1.96. The number of halogens is 3. The van der Waals surface area contributed by atoms with Gasteiger partial charge in [0.2, 0.25) is 0 Å². The number of benzene rings is 2. The van der Waals surface area contributed by atoms with Gasteiger partial charge in [0.1, 0.15) is 11.5 Å². The number of likely N-dealkylation sites (tertiary alicyclic amines) is 1. The zero-order valence-corrected chi connectivity index (χ0v) is 38.1. The molecule has 2 aromatic carbocycles. The number of nitrogens with one attached hydrogen (secondary N) is 3. The van der Waals surface area contributed by atoms with Crippen LogP contribution in [0.25, 0.3) is 0 Å². The van der Waals surface area contributed by atoms with Crippen molar-refractivity contribution >= 4 is 53.4 Å². The summed E-state index contributed by atoms with van der Waals surface area (Å²) >= 11 is 6.09. The topological polar surface area (TPSA) is 209 Å². The van der Waals surface area contributed by atoms with Crippen LogP contribution in [0, 0.1) is 0 Å². The van der Waals surface area contributed by atoms with Gasteiger partial charge in [0, 0.05) is 62.6 Å². The SMILES string of the molecule is Cl.Nc1nc(N)c(C(=O)N[C@H]2CCC[N+](CCCc3ccc(OCC(=O)NCCc4ccccn4)cc3)(CCCc3ccc(OCC(=O)NCCc4ccccn4)cc3)C2)nc1Cl.[Cl-]. The third-order valence-corrected chi connectivity index (χ3v) is 11.2. The molecule has 0 saturated carbocycles. The van der Waals surface area contributed by atoms with Crippen LogP contribution in [0.2, 0.25) is 5.15 Å². The molecule has 64 heavy (non-hydrogen) atoms. The lowest BCUT2D eigenvalue weighted by molar-refractivity contribution is -0.933. The number of hydrogen-bond donors (Lipinski definition) is 5. The van der Waals surface area contributed by atoms with Crippen LogP contribution in [0.1, 0.15) is 58.7 Å². The second-order valence-corrected chi connectivity index (χ2v) is 15.9. The number of anilines is 2. The van der Waals surface area contributed by atoms with Gasteiger partial charge in [-0.25, -0.2) is 9.97 Å². The maximum Gasteiger partial charge on any atom is 0.274 e. The van der Waals surface area contributed by atoms with Gasteiger partial charge in [0.25, 0.3) is 17.7 Å². The maximum absolute atomic E-state index is 13.4. The normalized spacial score (nSPS) is 13.9. The highest BCUT2D eigenvalue weighted by Gasteiger charge is 2.35. The molecule has 5 aromatic rings. The molecule has 0 radical (unpaired) electrons. The number of piperidine rings is 1. The Kier molecular flexibility index (Phi) is 20.8. The van der Waals surface area contributed by atoms with E-state index in [1.165, 1.54) is 11.1 Å². The number of amides is 3. The summed E-state index contributed by atoms with van der Waals surface area (Å²) in [7, 11) is 0. The van der Waals surface area contributed by atoms with Gasteiger partial charge in [0.05, 0.1) is 32.2 Å². The molecule has 0 aliphatic carbocycles.